The maximum absolute atomic E-state index is 13.6. The Kier molecular flexibility index (Phi) is 5.02. The third kappa shape index (κ3) is 3.58. The summed E-state index contributed by atoms with van der Waals surface area (Å²) in [6.07, 6.45) is 1.40. The van der Waals surface area contributed by atoms with Gasteiger partial charge in [0.1, 0.15) is 12.1 Å². The highest BCUT2D eigenvalue weighted by atomic mass is 19.1. The smallest absolute Gasteiger partial charge is 0.397 e. The van der Waals surface area contributed by atoms with E-state index in [9.17, 15) is 14.0 Å². The van der Waals surface area contributed by atoms with Gasteiger partial charge in [-0.05, 0) is 25.1 Å². The van der Waals surface area contributed by atoms with Crippen molar-refractivity contribution in [2.45, 2.75) is 6.92 Å². The molecule has 0 aliphatic carbocycles. The van der Waals surface area contributed by atoms with Crippen LogP contribution in [0.3, 0.4) is 0 Å². The van der Waals surface area contributed by atoms with Crippen molar-refractivity contribution < 1.29 is 18.7 Å². The van der Waals surface area contributed by atoms with Crippen LogP contribution in [0.15, 0.2) is 30.6 Å². The zero-order valence-corrected chi connectivity index (χ0v) is 15.7. The number of halogens is 1. The lowest BCUT2D eigenvalue weighted by Crippen LogP contribution is -2.51. The van der Waals surface area contributed by atoms with Gasteiger partial charge in [-0.25, -0.2) is 19.2 Å². The summed E-state index contributed by atoms with van der Waals surface area (Å²) in [5.41, 5.74) is 1.43. The summed E-state index contributed by atoms with van der Waals surface area (Å²) in [7, 11) is 0. The average Bonchev–Trinajstić information content (AvgIpc) is 3.18. The lowest BCUT2D eigenvalue weighted by Gasteiger charge is -2.34. The van der Waals surface area contributed by atoms with E-state index in [2.05, 4.69) is 20.3 Å². The van der Waals surface area contributed by atoms with Crippen molar-refractivity contribution in [2.24, 2.45) is 0 Å². The number of amides is 1. The summed E-state index contributed by atoms with van der Waals surface area (Å²) in [6.45, 7) is 3.43. The molecule has 0 bridgehead atoms. The minimum atomic E-state index is -0.844. The molecule has 1 aromatic carbocycles. The van der Waals surface area contributed by atoms with Crippen LogP contribution in [0.1, 0.15) is 6.92 Å². The highest BCUT2D eigenvalue weighted by Crippen LogP contribution is 2.23. The van der Waals surface area contributed by atoms with E-state index in [-0.39, 0.29) is 12.4 Å². The lowest BCUT2D eigenvalue weighted by molar-refractivity contribution is -0.160. The fourth-order valence-electron chi connectivity index (χ4n) is 3.19. The highest BCUT2D eigenvalue weighted by Gasteiger charge is 2.28. The molecule has 1 amide bonds. The number of aromatic nitrogens is 5. The van der Waals surface area contributed by atoms with Gasteiger partial charge in [0, 0.05) is 26.2 Å². The number of hydrogen-bond acceptors (Lipinski definition) is 8. The number of anilines is 1. The molecule has 1 aliphatic rings. The van der Waals surface area contributed by atoms with E-state index >= 15 is 0 Å². The van der Waals surface area contributed by atoms with Gasteiger partial charge in [0.05, 0.1) is 12.3 Å². The van der Waals surface area contributed by atoms with Gasteiger partial charge in [-0.3, -0.25) is 4.79 Å². The zero-order valence-electron chi connectivity index (χ0n) is 15.7. The van der Waals surface area contributed by atoms with Crippen LogP contribution in [0, 0.1) is 5.82 Å². The molecule has 3 heterocycles. The monoisotopic (exact) mass is 399 g/mol. The maximum atomic E-state index is 13.6. The Labute approximate surface area is 164 Å². The zero-order chi connectivity index (χ0) is 20.4. The van der Waals surface area contributed by atoms with Gasteiger partial charge in [0.15, 0.2) is 17.0 Å². The average molecular weight is 399 g/mol. The standard InChI is InChI=1S/C18H18FN7O3/c1-2-29-18(28)17(27)25-8-6-24(7-9-25)15-14-16(21-11-20-15)26(23-22-14)13-5-3-4-12(19)10-13/h3-5,10-11H,2,6-9H2,1H3. The van der Waals surface area contributed by atoms with Gasteiger partial charge in [0.25, 0.3) is 0 Å². The largest absolute Gasteiger partial charge is 0.459 e. The molecule has 11 heteroatoms. The lowest BCUT2D eigenvalue weighted by atomic mass is 10.3. The predicted molar refractivity (Wildman–Crippen MR) is 99.8 cm³/mol. The Morgan fingerprint density at radius 2 is 1.97 bits per heavy atom. The van der Waals surface area contributed by atoms with Crippen LogP contribution in [0.5, 0.6) is 0 Å². The number of piperazine rings is 1. The second-order valence-electron chi connectivity index (χ2n) is 6.35. The van der Waals surface area contributed by atoms with Gasteiger partial charge in [-0.15, -0.1) is 5.10 Å². The number of rotatable bonds is 3. The van der Waals surface area contributed by atoms with Crippen LogP contribution in [0.2, 0.25) is 0 Å². The van der Waals surface area contributed by atoms with Crippen molar-refractivity contribution in [1.29, 1.82) is 0 Å². The Morgan fingerprint density at radius 1 is 1.17 bits per heavy atom. The molecular weight excluding hydrogens is 381 g/mol. The maximum Gasteiger partial charge on any atom is 0.397 e. The number of hydrogen-bond donors (Lipinski definition) is 0. The van der Waals surface area contributed by atoms with Crippen molar-refractivity contribution >= 4 is 28.9 Å². The van der Waals surface area contributed by atoms with E-state index in [1.807, 2.05) is 4.90 Å². The SMILES string of the molecule is CCOC(=O)C(=O)N1CCN(c2ncnc3c2nnn3-c2cccc(F)c2)CC1. The number of carbonyl (C=O) groups is 2. The van der Waals surface area contributed by atoms with E-state index in [1.165, 1.54) is 28.0 Å². The van der Waals surface area contributed by atoms with Gasteiger partial charge in [0.2, 0.25) is 0 Å². The Morgan fingerprint density at radius 3 is 2.69 bits per heavy atom. The summed E-state index contributed by atoms with van der Waals surface area (Å²) in [5.74, 6) is -1.30. The Hall–Kier alpha value is -3.63. The van der Waals surface area contributed by atoms with E-state index in [4.69, 9.17) is 4.74 Å². The quantitative estimate of drug-likeness (QED) is 0.465. The van der Waals surface area contributed by atoms with Crippen LogP contribution in [-0.2, 0) is 14.3 Å². The number of nitrogens with zero attached hydrogens (tertiary/aromatic N) is 7. The van der Waals surface area contributed by atoms with Crippen molar-refractivity contribution in [3.05, 3.63) is 36.4 Å². The van der Waals surface area contributed by atoms with E-state index in [1.54, 1.807) is 19.1 Å². The molecule has 4 rings (SSSR count). The van der Waals surface area contributed by atoms with Gasteiger partial charge in [-0.2, -0.15) is 4.68 Å². The molecule has 0 spiro atoms. The van der Waals surface area contributed by atoms with Gasteiger partial charge in [-0.1, -0.05) is 11.3 Å². The summed E-state index contributed by atoms with van der Waals surface area (Å²) >= 11 is 0. The highest BCUT2D eigenvalue weighted by molar-refractivity contribution is 6.32. The normalized spacial score (nSPS) is 14.3. The third-order valence-electron chi connectivity index (χ3n) is 4.59. The van der Waals surface area contributed by atoms with Crippen LogP contribution < -0.4 is 4.90 Å². The first-order valence-electron chi connectivity index (χ1n) is 9.12. The molecule has 2 aromatic heterocycles. The summed E-state index contributed by atoms with van der Waals surface area (Å²) in [6, 6.07) is 5.98. The predicted octanol–water partition coefficient (Wildman–Crippen LogP) is 0.561. The van der Waals surface area contributed by atoms with Crippen LogP contribution in [-0.4, -0.2) is 74.5 Å². The fourth-order valence-corrected chi connectivity index (χ4v) is 3.19. The first-order valence-corrected chi connectivity index (χ1v) is 9.12. The molecule has 0 atom stereocenters. The first-order chi connectivity index (χ1) is 14.1. The second kappa shape index (κ2) is 7.78. The molecule has 1 aliphatic heterocycles. The molecule has 0 saturated carbocycles. The molecule has 1 saturated heterocycles. The van der Waals surface area contributed by atoms with Gasteiger partial charge < -0.3 is 14.5 Å². The number of benzene rings is 1. The summed E-state index contributed by atoms with van der Waals surface area (Å²) in [4.78, 5) is 35.7. The van der Waals surface area contributed by atoms with Crippen molar-refractivity contribution in [1.82, 2.24) is 29.9 Å². The van der Waals surface area contributed by atoms with Gasteiger partial charge >= 0.3 is 11.9 Å². The first kappa shape index (κ1) is 18.7. The number of fused-ring (bicyclic) bond motifs is 1. The van der Waals surface area contributed by atoms with Crippen molar-refractivity contribution in [3.63, 3.8) is 0 Å². The molecule has 10 nitrogen and oxygen atoms in total. The number of esters is 1. The van der Waals surface area contributed by atoms with Crippen LogP contribution >= 0.6 is 0 Å². The third-order valence-corrected chi connectivity index (χ3v) is 4.59. The molecule has 0 N–H and O–H groups in total. The number of ether oxygens (including phenoxy) is 1. The molecule has 150 valence electrons. The molecule has 0 radical (unpaired) electrons. The molecule has 3 aromatic rings. The van der Waals surface area contributed by atoms with E-state index in [0.717, 1.165) is 0 Å². The van der Waals surface area contributed by atoms with Crippen molar-refractivity contribution in [2.75, 3.05) is 37.7 Å². The van der Waals surface area contributed by atoms with E-state index < -0.39 is 11.9 Å². The summed E-state index contributed by atoms with van der Waals surface area (Å²) < 4.78 is 19.8. The second-order valence-corrected chi connectivity index (χ2v) is 6.35. The topological polar surface area (TPSA) is 106 Å². The Balaban J connectivity index is 1.55. The van der Waals surface area contributed by atoms with Crippen molar-refractivity contribution in [3.8, 4) is 5.69 Å². The minimum absolute atomic E-state index is 0.157. The minimum Gasteiger partial charge on any atom is -0.459 e. The van der Waals surface area contributed by atoms with E-state index in [0.29, 0.717) is 48.8 Å². The summed E-state index contributed by atoms with van der Waals surface area (Å²) in [5, 5.41) is 8.27. The van der Waals surface area contributed by atoms with Crippen LogP contribution in [0.25, 0.3) is 16.9 Å². The molecular formula is C18H18FN7O3. The molecule has 1 fully saturated rings. The Bertz CT molecular complexity index is 1060. The fraction of sp³-hybridized carbons (Fsp3) is 0.333. The molecule has 0 unspecified atom stereocenters. The molecule has 29 heavy (non-hydrogen) atoms. The number of carbonyl (C=O) groups excluding carboxylic acids is 2. The van der Waals surface area contributed by atoms with Crippen LogP contribution in [0.4, 0.5) is 10.2 Å².